The van der Waals surface area contributed by atoms with Crippen molar-refractivity contribution in [2.75, 3.05) is 13.1 Å². The van der Waals surface area contributed by atoms with Crippen LogP contribution in [0.5, 0.6) is 0 Å². The number of H-pyrrole nitrogens is 1. The first kappa shape index (κ1) is 14.5. The van der Waals surface area contributed by atoms with Crippen LogP contribution in [-0.2, 0) is 13.1 Å². The van der Waals surface area contributed by atoms with Crippen molar-refractivity contribution in [3.63, 3.8) is 0 Å². The van der Waals surface area contributed by atoms with Gasteiger partial charge in [-0.25, -0.2) is 0 Å². The average Bonchev–Trinajstić information content (AvgIpc) is 2.93. The summed E-state index contributed by atoms with van der Waals surface area (Å²) in [7, 11) is 0. The van der Waals surface area contributed by atoms with Gasteiger partial charge in [-0.15, -0.1) is 0 Å². The molecule has 2 heterocycles. The predicted molar refractivity (Wildman–Crippen MR) is 86.5 cm³/mol. The maximum atomic E-state index is 11.1. The van der Waals surface area contributed by atoms with E-state index in [9.17, 15) is 4.79 Å². The number of aromatic amines is 1. The minimum Gasteiger partial charge on any atom is -0.315 e. The van der Waals surface area contributed by atoms with Gasteiger partial charge in [-0.1, -0.05) is 41.7 Å². The van der Waals surface area contributed by atoms with Gasteiger partial charge in [0.25, 0.3) is 0 Å². The summed E-state index contributed by atoms with van der Waals surface area (Å²) in [6.45, 7) is 4.08. The summed E-state index contributed by atoms with van der Waals surface area (Å²) in [5.74, 6) is 0. The molecule has 1 saturated heterocycles. The number of thiazole rings is 1. The Bertz CT molecular complexity index is 599. The summed E-state index contributed by atoms with van der Waals surface area (Å²) in [6, 6.07) is 11.2. The molecule has 0 atom stereocenters. The summed E-state index contributed by atoms with van der Waals surface area (Å²) in [5, 5.41) is 5.45. The molecule has 1 fully saturated rings. The minimum absolute atomic E-state index is 0.0319. The van der Waals surface area contributed by atoms with E-state index in [4.69, 9.17) is 0 Å². The van der Waals surface area contributed by atoms with Crippen molar-refractivity contribution < 1.29 is 0 Å². The van der Waals surface area contributed by atoms with Gasteiger partial charge in [0.1, 0.15) is 0 Å². The Balaban J connectivity index is 1.41. The molecule has 0 aliphatic carbocycles. The van der Waals surface area contributed by atoms with Crippen molar-refractivity contribution in [1.29, 1.82) is 0 Å². The van der Waals surface area contributed by atoms with E-state index in [0.717, 1.165) is 31.9 Å². The first-order chi connectivity index (χ1) is 10.3. The van der Waals surface area contributed by atoms with Crippen LogP contribution < -0.4 is 10.2 Å². The SMILES string of the molecule is O=c1[nH]c(CNC2CCN(Cc3ccccc3)CC2)cs1. The highest BCUT2D eigenvalue weighted by Gasteiger charge is 2.18. The third-order valence-corrected chi connectivity index (χ3v) is 4.71. The van der Waals surface area contributed by atoms with Crippen molar-refractivity contribution in [2.24, 2.45) is 0 Å². The zero-order valence-electron chi connectivity index (χ0n) is 12.0. The van der Waals surface area contributed by atoms with E-state index in [1.807, 2.05) is 5.38 Å². The predicted octanol–water partition coefficient (Wildman–Crippen LogP) is 2.19. The number of benzene rings is 1. The molecular weight excluding hydrogens is 282 g/mol. The van der Waals surface area contributed by atoms with Crippen LogP contribution in [0.4, 0.5) is 0 Å². The maximum absolute atomic E-state index is 11.1. The smallest absolute Gasteiger partial charge is 0.304 e. The Morgan fingerprint density at radius 2 is 2.00 bits per heavy atom. The molecule has 2 aromatic rings. The van der Waals surface area contributed by atoms with E-state index < -0.39 is 0 Å². The first-order valence-electron chi connectivity index (χ1n) is 7.46. The van der Waals surface area contributed by atoms with Crippen molar-refractivity contribution in [2.45, 2.75) is 32.0 Å². The molecule has 112 valence electrons. The number of nitrogens with one attached hydrogen (secondary N) is 2. The summed E-state index contributed by atoms with van der Waals surface area (Å²) in [4.78, 5) is 16.5. The van der Waals surface area contributed by atoms with Crippen molar-refractivity contribution in [3.8, 4) is 0 Å². The highest BCUT2D eigenvalue weighted by molar-refractivity contribution is 7.07. The lowest BCUT2D eigenvalue weighted by molar-refractivity contribution is 0.190. The lowest BCUT2D eigenvalue weighted by Crippen LogP contribution is -2.41. The minimum atomic E-state index is 0.0319. The van der Waals surface area contributed by atoms with Crippen molar-refractivity contribution in [3.05, 3.63) is 56.6 Å². The number of aromatic nitrogens is 1. The molecule has 1 aliphatic rings. The Kier molecular flexibility index (Phi) is 4.85. The molecule has 1 aromatic carbocycles. The summed E-state index contributed by atoms with van der Waals surface area (Å²) in [5.41, 5.74) is 2.39. The second kappa shape index (κ2) is 7.02. The molecule has 21 heavy (non-hydrogen) atoms. The number of hydrogen-bond donors (Lipinski definition) is 2. The van der Waals surface area contributed by atoms with Gasteiger partial charge in [-0.2, -0.15) is 0 Å². The second-order valence-electron chi connectivity index (χ2n) is 5.59. The van der Waals surface area contributed by atoms with Crippen molar-refractivity contribution in [1.82, 2.24) is 15.2 Å². The van der Waals surface area contributed by atoms with Crippen molar-refractivity contribution >= 4 is 11.3 Å². The molecule has 0 bridgehead atoms. The molecule has 2 N–H and O–H groups in total. The average molecular weight is 303 g/mol. The standard InChI is InChI=1S/C16H21N3OS/c20-16-18-15(12-21-16)10-17-14-6-8-19(9-7-14)11-13-4-2-1-3-5-13/h1-5,12,14,17H,6-11H2,(H,18,20). The monoisotopic (exact) mass is 303 g/mol. The van der Waals surface area contributed by atoms with Crippen LogP contribution >= 0.6 is 11.3 Å². The van der Waals surface area contributed by atoms with Gasteiger partial charge in [-0.3, -0.25) is 9.69 Å². The first-order valence-corrected chi connectivity index (χ1v) is 8.34. The lowest BCUT2D eigenvalue weighted by Gasteiger charge is -2.32. The number of hydrogen-bond acceptors (Lipinski definition) is 4. The Hall–Kier alpha value is -1.43. The summed E-state index contributed by atoms with van der Waals surface area (Å²) < 4.78 is 0. The lowest BCUT2D eigenvalue weighted by atomic mass is 10.0. The molecule has 1 aliphatic heterocycles. The largest absolute Gasteiger partial charge is 0.315 e. The normalized spacial score (nSPS) is 17.1. The van der Waals surface area contributed by atoms with Crippen LogP contribution in [-0.4, -0.2) is 29.0 Å². The van der Waals surface area contributed by atoms with E-state index in [1.54, 1.807) is 0 Å². The number of rotatable bonds is 5. The molecule has 1 aromatic heterocycles. The topological polar surface area (TPSA) is 48.1 Å². The van der Waals surface area contributed by atoms with Crippen LogP contribution in [0.2, 0.25) is 0 Å². The van der Waals surface area contributed by atoms with Gasteiger partial charge in [0.15, 0.2) is 0 Å². The molecule has 3 rings (SSSR count). The Morgan fingerprint density at radius 1 is 1.24 bits per heavy atom. The molecule has 5 heteroatoms. The van der Waals surface area contributed by atoms with E-state index in [0.29, 0.717) is 6.04 Å². The van der Waals surface area contributed by atoms with Crippen LogP contribution in [0, 0.1) is 0 Å². The Morgan fingerprint density at radius 3 is 2.67 bits per heavy atom. The molecule has 0 unspecified atom stereocenters. The second-order valence-corrected chi connectivity index (χ2v) is 6.43. The molecule has 0 radical (unpaired) electrons. The third-order valence-electron chi connectivity index (χ3n) is 3.99. The quantitative estimate of drug-likeness (QED) is 0.890. The van der Waals surface area contributed by atoms with Gasteiger partial charge in [-0.05, 0) is 31.5 Å². The van der Waals surface area contributed by atoms with E-state index in [-0.39, 0.29) is 4.87 Å². The van der Waals surface area contributed by atoms with E-state index in [1.165, 1.54) is 29.7 Å². The highest BCUT2D eigenvalue weighted by Crippen LogP contribution is 2.14. The molecular formula is C16H21N3OS. The number of nitrogens with zero attached hydrogens (tertiary/aromatic N) is 1. The zero-order valence-corrected chi connectivity index (χ0v) is 12.9. The van der Waals surface area contributed by atoms with Gasteiger partial charge >= 0.3 is 4.87 Å². The highest BCUT2D eigenvalue weighted by atomic mass is 32.1. The van der Waals surface area contributed by atoms with Crippen LogP contribution in [0.3, 0.4) is 0 Å². The van der Waals surface area contributed by atoms with Crippen LogP contribution in [0.15, 0.2) is 40.5 Å². The van der Waals surface area contributed by atoms with Gasteiger partial charge < -0.3 is 10.3 Å². The van der Waals surface area contributed by atoms with E-state index >= 15 is 0 Å². The Labute approximate surface area is 128 Å². The van der Waals surface area contributed by atoms with Crippen LogP contribution in [0.1, 0.15) is 24.1 Å². The van der Waals surface area contributed by atoms with Gasteiger partial charge in [0, 0.05) is 30.2 Å². The maximum Gasteiger partial charge on any atom is 0.304 e. The van der Waals surface area contributed by atoms with Crippen LogP contribution in [0.25, 0.3) is 0 Å². The number of piperidine rings is 1. The van der Waals surface area contributed by atoms with Gasteiger partial charge in [0.05, 0.1) is 0 Å². The molecule has 0 amide bonds. The molecule has 0 spiro atoms. The zero-order chi connectivity index (χ0) is 14.5. The molecule has 0 saturated carbocycles. The summed E-state index contributed by atoms with van der Waals surface area (Å²) in [6.07, 6.45) is 2.34. The fourth-order valence-corrected chi connectivity index (χ4v) is 3.37. The third kappa shape index (κ3) is 4.27. The summed E-state index contributed by atoms with van der Waals surface area (Å²) >= 11 is 1.23. The molecule has 4 nitrogen and oxygen atoms in total. The van der Waals surface area contributed by atoms with E-state index in [2.05, 4.69) is 45.5 Å². The number of likely N-dealkylation sites (tertiary alicyclic amines) is 1. The fraction of sp³-hybridized carbons (Fsp3) is 0.438. The van der Waals surface area contributed by atoms with Gasteiger partial charge in [0.2, 0.25) is 0 Å². The fourth-order valence-electron chi connectivity index (χ4n) is 2.79.